The van der Waals surface area contributed by atoms with Crippen molar-refractivity contribution in [1.82, 2.24) is 5.32 Å². The van der Waals surface area contributed by atoms with Crippen LogP contribution in [0.1, 0.15) is 18.9 Å². The first-order valence-corrected chi connectivity index (χ1v) is 4.79. The van der Waals surface area contributed by atoms with E-state index in [1.165, 1.54) is 0 Å². The Labute approximate surface area is 94.9 Å². The van der Waals surface area contributed by atoms with E-state index in [2.05, 4.69) is 5.32 Å². The zero-order valence-corrected chi connectivity index (χ0v) is 9.35. The Bertz CT molecular complexity index is 347. The van der Waals surface area contributed by atoms with Gasteiger partial charge in [-0.1, -0.05) is 18.2 Å². The lowest BCUT2D eigenvalue weighted by Crippen LogP contribution is -2.33. The summed E-state index contributed by atoms with van der Waals surface area (Å²) in [4.78, 5) is 0. The fraction of sp³-hybridized carbons (Fsp3) is 0.455. The van der Waals surface area contributed by atoms with E-state index < -0.39 is 11.7 Å². The Hall–Kier alpha value is -0.800. The minimum absolute atomic E-state index is 0. The zero-order valence-electron chi connectivity index (χ0n) is 8.53. The van der Waals surface area contributed by atoms with E-state index in [9.17, 15) is 9.50 Å². The molecule has 0 aromatic heterocycles. The average Bonchev–Trinajstić information content (AvgIpc) is 2.48. The predicted octanol–water partition coefficient (Wildman–Crippen LogP) is 2.36. The van der Waals surface area contributed by atoms with Crippen LogP contribution in [0.25, 0.3) is 0 Å². The lowest BCUT2D eigenvalue weighted by Gasteiger charge is -2.25. The van der Waals surface area contributed by atoms with Gasteiger partial charge in [-0.05, 0) is 13.0 Å². The Morgan fingerprint density at radius 1 is 1.47 bits per heavy atom. The van der Waals surface area contributed by atoms with Crippen LogP contribution in [-0.2, 0) is 5.54 Å². The molecular weight excluding hydrogens is 217 g/mol. The largest absolute Gasteiger partial charge is 0.508 e. The number of phenolic OH excluding ortho intramolecular Hbond substituents is 1. The van der Waals surface area contributed by atoms with Crippen molar-refractivity contribution in [3.05, 3.63) is 29.8 Å². The molecule has 2 N–H and O–H groups in total. The Balaban J connectivity index is 0.00000112. The van der Waals surface area contributed by atoms with Crippen LogP contribution in [0, 0.1) is 0 Å². The molecule has 0 aliphatic carbocycles. The van der Waals surface area contributed by atoms with Crippen LogP contribution in [0.2, 0.25) is 0 Å². The quantitative estimate of drug-likeness (QED) is 0.778. The number of rotatable bonds is 1. The van der Waals surface area contributed by atoms with Gasteiger partial charge in [0, 0.05) is 24.1 Å². The fourth-order valence-electron chi connectivity index (χ4n) is 2.07. The molecule has 1 fully saturated rings. The molecule has 0 amide bonds. The lowest BCUT2D eigenvalue weighted by atomic mass is 9.89. The van der Waals surface area contributed by atoms with Gasteiger partial charge in [-0.3, -0.25) is 0 Å². The van der Waals surface area contributed by atoms with E-state index >= 15 is 0 Å². The van der Waals surface area contributed by atoms with Gasteiger partial charge in [-0.2, -0.15) is 0 Å². The number of phenols is 1. The minimum Gasteiger partial charge on any atom is -0.508 e. The smallest absolute Gasteiger partial charge is 0.120 e. The number of benzene rings is 1. The van der Waals surface area contributed by atoms with Crippen LogP contribution < -0.4 is 5.32 Å². The summed E-state index contributed by atoms with van der Waals surface area (Å²) in [5.74, 6) is 0.233. The van der Waals surface area contributed by atoms with Gasteiger partial charge < -0.3 is 10.4 Å². The highest BCUT2D eigenvalue weighted by Gasteiger charge is 2.37. The zero-order chi connectivity index (χ0) is 10.2. The highest BCUT2D eigenvalue weighted by atomic mass is 35.5. The molecule has 1 aromatic carbocycles. The van der Waals surface area contributed by atoms with Crippen molar-refractivity contribution in [3.63, 3.8) is 0 Å². The number of nitrogens with one attached hydrogen (secondary N) is 1. The van der Waals surface area contributed by atoms with Crippen LogP contribution in [0.3, 0.4) is 0 Å². The third-order valence-corrected chi connectivity index (χ3v) is 2.84. The van der Waals surface area contributed by atoms with Crippen molar-refractivity contribution in [2.24, 2.45) is 0 Å². The molecule has 1 aliphatic heterocycles. The maximum absolute atomic E-state index is 13.1. The van der Waals surface area contributed by atoms with E-state index in [1.807, 2.05) is 19.1 Å². The van der Waals surface area contributed by atoms with Crippen LogP contribution in [0.15, 0.2) is 24.3 Å². The molecule has 2 nitrogen and oxygen atoms in total. The van der Waals surface area contributed by atoms with E-state index in [-0.39, 0.29) is 18.2 Å². The number of para-hydroxylation sites is 1. The van der Waals surface area contributed by atoms with E-state index in [1.54, 1.807) is 12.1 Å². The molecule has 15 heavy (non-hydrogen) atoms. The molecule has 1 heterocycles. The average molecular weight is 232 g/mol. The van der Waals surface area contributed by atoms with Gasteiger partial charge in [-0.15, -0.1) is 12.4 Å². The number of hydrogen-bond acceptors (Lipinski definition) is 2. The second kappa shape index (κ2) is 4.37. The van der Waals surface area contributed by atoms with Gasteiger partial charge in [-0.25, -0.2) is 4.39 Å². The van der Waals surface area contributed by atoms with Crippen molar-refractivity contribution in [2.45, 2.75) is 25.1 Å². The first-order chi connectivity index (χ1) is 6.62. The van der Waals surface area contributed by atoms with Crippen molar-refractivity contribution in [3.8, 4) is 5.75 Å². The molecule has 2 rings (SSSR count). The monoisotopic (exact) mass is 231 g/mol. The first kappa shape index (κ1) is 12.3. The second-order valence-corrected chi connectivity index (χ2v) is 4.03. The molecule has 1 saturated heterocycles. The molecule has 1 aliphatic rings. The van der Waals surface area contributed by atoms with E-state index in [0.29, 0.717) is 13.0 Å². The fourth-order valence-corrected chi connectivity index (χ4v) is 2.07. The maximum atomic E-state index is 13.1. The normalized spacial score (nSPS) is 29.9. The van der Waals surface area contributed by atoms with Crippen LogP contribution >= 0.6 is 12.4 Å². The highest BCUT2D eigenvalue weighted by Crippen LogP contribution is 2.36. The molecule has 2 unspecified atom stereocenters. The van der Waals surface area contributed by atoms with Gasteiger partial charge in [0.2, 0.25) is 0 Å². The summed E-state index contributed by atoms with van der Waals surface area (Å²) in [6, 6.07) is 7.09. The van der Waals surface area contributed by atoms with Gasteiger partial charge in [0.25, 0.3) is 0 Å². The summed E-state index contributed by atoms with van der Waals surface area (Å²) in [6.45, 7) is 2.28. The van der Waals surface area contributed by atoms with Gasteiger partial charge in [0.15, 0.2) is 0 Å². The SMILES string of the molecule is CC1(c2ccccc2O)CC(F)CN1.Cl. The standard InChI is InChI=1S/C11H14FNO.ClH/c1-11(6-8(12)7-13-11)9-4-2-3-5-10(9)14;/h2-5,8,13-14H,6-7H2,1H3;1H. The minimum atomic E-state index is -0.820. The van der Waals surface area contributed by atoms with E-state index in [0.717, 1.165) is 5.56 Å². The molecule has 0 radical (unpaired) electrons. The number of halogens is 2. The molecule has 1 aromatic rings. The summed E-state index contributed by atoms with van der Waals surface area (Å²) < 4.78 is 13.1. The van der Waals surface area contributed by atoms with Crippen LogP contribution in [0.4, 0.5) is 4.39 Å². The lowest BCUT2D eigenvalue weighted by molar-refractivity contribution is 0.328. The Morgan fingerprint density at radius 2 is 2.13 bits per heavy atom. The summed E-state index contributed by atoms with van der Waals surface area (Å²) in [7, 11) is 0. The third kappa shape index (κ3) is 2.24. The maximum Gasteiger partial charge on any atom is 0.120 e. The van der Waals surface area contributed by atoms with Crippen molar-refractivity contribution < 1.29 is 9.50 Å². The molecule has 4 heteroatoms. The van der Waals surface area contributed by atoms with Crippen molar-refractivity contribution in [2.75, 3.05) is 6.54 Å². The molecule has 0 spiro atoms. The molecule has 0 bridgehead atoms. The van der Waals surface area contributed by atoms with Gasteiger partial charge >= 0.3 is 0 Å². The molecule has 0 saturated carbocycles. The van der Waals surface area contributed by atoms with Gasteiger partial charge in [0.05, 0.1) is 0 Å². The van der Waals surface area contributed by atoms with Crippen molar-refractivity contribution in [1.29, 1.82) is 0 Å². The Morgan fingerprint density at radius 3 is 2.67 bits per heavy atom. The topological polar surface area (TPSA) is 32.3 Å². The molecule has 84 valence electrons. The summed E-state index contributed by atoms with van der Waals surface area (Å²) in [5, 5.41) is 12.8. The van der Waals surface area contributed by atoms with Crippen LogP contribution in [0.5, 0.6) is 5.75 Å². The number of hydrogen-bond donors (Lipinski definition) is 2. The molecule has 2 atom stereocenters. The summed E-state index contributed by atoms with van der Waals surface area (Å²) in [6.07, 6.45) is -0.399. The molecular formula is C11H15ClFNO. The van der Waals surface area contributed by atoms with Crippen LogP contribution in [-0.4, -0.2) is 17.8 Å². The third-order valence-electron chi connectivity index (χ3n) is 2.84. The second-order valence-electron chi connectivity index (χ2n) is 4.03. The van der Waals surface area contributed by atoms with E-state index in [4.69, 9.17) is 0 Å². The number of alkyl halides is 1. The summed E-state index contributed by atoms with van der Waals surface area (Å²) in [5.41, 5.74) is 0.352. The van der Waals surface area contributed by atoms with Crippen molar-refractivity contribution >= 4 is 12.4 Å². The summed E-state index contributed by atoms with van der Waals surface area (Å²) >= 11 is 0. The van der Waals surface area contributed by atoms with Gasteiger partial charge in [0.1, 0.15) is 11.9 Å². The number of aromatic hydroxyl groups is 1. The Kier molecular flexibility index (Phi) is 3.58. The first-order valence-electron chi connectivity index (χ1n) is 4.79. The highest BCUT2D eigenvalue weighted by molar-refractivity contribution is 5.85. The predicted molar refractivity (Wildman–Crippen MR) is 60.2 cm³/mol.